The minimum Gasteiger partial charge on any atom is -0.478 e. The molecular formula is C16H22N2O4. The molecule has 0 atom stereocenters. The fourth-order valence-corrected chi connectivity index (χ4v) is 1.98. The molecule has 2 amide bonds. The van der Waals surface area contributed by atoms with Crippen molar-refractivity contribution < 1.29 is 19.5 Å². The van der Waals surface area contributed by atoms with E-state index in [4.69, 9.17) is 5.11 Å². The van der Waals surface area contributed by atoms with Gasteiger partial charge in [-0.2, -0.15) is 0 Å². The van der Waals surface area contributed by atoms with Gasteiger partial charge in [0.25, 0.3) is 5.91 Å². The molecule has 0 spiro atoms. The maximum absolute atomic E-state index is 12.5. The molecule has 22 heavy (non-hydrogen) atoms. The maximum Gasteiger partial charge on any atom is 0.335 e. The largest absolute Gasteiger partial charge is 0.478 e. The molecule has 0 aliphatic rings. The van der Waals surface area contributed by atoms with Gasteiger partial charge >= 0.3 is 5.97 Å². The van der Waals surface area contributed by atoms with E-state index < -0.39 is 5.97 Å². The van der Waals surface area contributed by atoms with Crippen LogP contribution in [0.15, 0.2) is 24.3 Å². The second kappa shape index (κ2) is 8.81. The standard InChI is InChI=1S/C16H22N2O4/c1-3-8-17-14(19)11-18(9-4-2)15(20)12-6-5-7-13(10-12)16(21)22/h5-7,10H,3-4,8-9,11H2,1-2H3,(H,17,19)(H,21,22). The molecule has 0 heterocycles. The number of carbonyl (C=O) groups is 3. The van der Waals surface area contributed by atoms with Crippen LogP contribution in [0.5, 0.6) is 0 Å². The van der Waals surface area contributed by atoms with E-state index in [0.717, 1.165) is 6.42 Å². The number of carboxylic acid groups (broad SMARTS) is 1. The summed E-state index contributed by atoms with van der Waals surface area (Å²) in [6.07, 6.45) is 1.54. The number of hydrogen-bond acceptors (Lipinski definition) is 3. The molecule has 0 unspecified atom stereocenters. The molecule has 1 aromatic carbocycles. The Morgan fingerprint density at radius 2 is 1.82 bits per heavy atom. The van der Waals surface area contributed by atoms with Gasteiger partial charge in [0, 0.05) is 18.7 Å². The van der Waals surface area contributed by atoms with E-state index in [2.05, 4.69) is 5.32 Å². The lowest BCUT2D eigenvalue weighted by Crippen LogP contribution is -2.41. The van der Waals surface area contributed by atoms with Crippen molar-refractivity contribution in [2.24, 2.45) is 0 Å². The molecule has 1 rings (SSSR count). The Hall–Kier alpha value is -2.37. The third-order valence-electron chi connectivity index (χ3n) is 3.04. The summed E-state index contributed by atoms with van der Waals surface area (Å²) in [5.74, 6) is -1.63. The van der Waals surface area contributed by atoms with Crippen LogP contribution in [0.2, 0.25) is 0 Å². The number of hydrogen-bond donors (Lipinski definition) is 2. The van der Waals surface area contributed by atoms with Crippen LogP contribution in [0.4, 0.5) is 0 Å². The first kappa shape index (κ1) is 17.7. The average Bonchev–Trinajstić information content (AvgIpc) is 2.51. The lowest BCUT2D eigenvalue weighted by atomic mass is 10.1. The monoisotopic (exact) mass is 306 g/mol. The molecule has 0 aromatic heterocycles. The van der Waals surface area contributed by atoms with Crippen LogP contribution in [0.1, 0.15) is 47.4 Å². The summed E-state index contributed by atoms with van der Waals surface area (Å²) in [4.78, 5) is 36.7. The second-order valence-electron chi connectivity index (χ2n) is 4.96. The van der Waals surface area contributed by atoms with Crippen molar-refractivity contribution in [3.63, 3.8) is 0 Å². The fourth-order valence-electron chi connectivity index (χ4n) is 1.98. The van der Waals surface area contributed by atoms with Crippen LogP contribution in [-0.2, 0) is 4.79 Å². The Morgan fingerprint density at radius 1 is 1.14 bits per heavy atom. The van der Waals surface area contributed by atoms with E-state index in [-0.39, 0.29) is 29.5 Å². The van der Waals surface area contributed by atoms with Crippen LogP contribution in [0.3, 0.4) is 0 Å². The molecule has 0 radical (unpaired) electrons. The molecule has 6 nitrogen and oxygen atoms in total. The molecule has 2 N–H and O–H groups in total. The molecule has 1 aromatic rings. The Labute approximate surface area is 130 Å². The van der Waals surface area contributed by atoms with Crippen molar-refractivity contribution in [2.45, 2.75) is 26.7 Å². The number of amides is 2. The fraction of sp³-hybridized carbons (Fsp3) is 0.438. The average molecular weight is 306 g/mol. The summed E-state index contributed by atoms with van der Waals surface area (Å²) in [7, 11) is 0. The molecule has 6 heteroatoms. The number of nitrogens with zero attached hydrogens (tertiary/aromatic N) is 1. The van der Waals surface area contributed by atoms with Crippen LogP contribution < -0.4 is 5.32 Å². The summed E-state index contributed by atoms with van der Waals surface area (Å²) in [6, 6.07) is 5.84. The van der Waals surface area contributed by atoms with Crippen molar-refractivity contribution in [2.75, 3.05) is 19.6 Å². The number of benzene rings is 1. The van der Waals surface area contributed by atoms with Crippen molar-refractivity contribution in [3.8, 4) is 0 Å². The number of aromatic carboxylic acids is 1. The zero-order valence-corrected chi connectivity index (χ0v) is 13.0. The molecule has 120 valence electrons. The third-order valence-corrected chi connectivity index (χ3v) is 3.04. The highest BCUT2D eigenvalue weighted by Crippen LogP contribution is 2.09. The lowest BCUT2D eigenvalue weighted by Gasteiger charge is -2.21. The van der Waals surface area contributed by atoms with Gasteiger partial charge in [-0.1, -0.05) is 19.9 Å². The van der Waals surface area contributed by atoms with Crippen molar-refractivity contribution >= 4 is 17.8 Å². The Bertz CT molecular complexity index is 543. The van der Waals surface area contributed by atoms with Gasteiger partial charge in [0.15, 0.2) is 0 Å². The summed E-state index contributed by atoms with van der Waals surface area (Å²) in [5.41, 5.74) is 0.328. The van der Waals surface area contributed by atoms with E-state index in [9.17, 15) is 14.4 Å². The van der Waals surface area contributed by atoms with Crippen LogP contribution in [0.25, 0.3) is 0 Å². The van der Waals surface area contributed by atoms with Crippen LogP contribution >= 0.6 is 0 Å². The summed E-state index contributed by atoms with van der Waals surface area (Å²) >= 11 is 0. The highest BCUT2D eigenvalue weighted by Gasteiger charge is 2.19. The third kappa shape index (κ3) is 5.20. The number of rotatable bonds is 8. The molecule has 0 aliphatic carbocycles. The maximum atomic E-state index is 12.5. The molecule has 0 bridgehead atoms. The molecule has 0 fully saturated rings. The summed E-state index contributed by atoms with van der Waals surface area (Å²) < 4.78 is 0. The van der Waals surface area contributed by atoms with Gasteiger partial charge in [0.05, 0.1) is 12.1 Å². The topological polar surface area (TPSA) is 86.7 Å². The van der Waals surface area contributed by atoms with Crippen LogP contribution in [-0.4, -0.2) is 47.4 Å². The smallest absolute Gasteiger partial charge is 0.335 e. The second-order valence-corrected chi connectivity index (χ2v) is 4.96. The highest BCUT2D eigenvalue weighted by molar-refractivity contribution is 5.99. The summed E-state index contributed by atoms with van der Waals surface area (Å²) in [5, 5.41) is 11.7. The van der Waals surface area contributed by atoms with Gasteiger partial charge in [-0.25, -0.2) is 4.79 Å². The quantitative estimate of drug-likeness (QED) is 0.766. The van der Waals surface area contributed by atoms with E-state index in [1.807, 2.05) is 13.8 Å². The molecule has 0 saturated carbocycles. The predicted molar refractivity (Wildman–Crippen MR) is 82.9 cm³/mol. The highest BCUT2D eigenvalue weighted by atomic mass is 16.4. The SMILES string of the molecule is CCCNC(=O)CN(CCC)C(=O)c1cccc(C(=O)O)c1. The van der Waals surface area contributed by atoms with Crippen molar-refractivity contribution in [1.29, 1.82) is 0 Å². The Kier molecular flexibility index (Phi) is 7.08. The number of nitrogens with one attached hydrogen (secondary N) is 1. The minimum absolute atomic E-state index is 0.0238. The normalized spacial score (nSPS) is 10.1. The van der Waals surface area contributed by atoms with E-state index in [0.29, 0.717) is 19.5 Å². The lowest BCUT2D eigenvalue weighted by molar-refractivity contribution is -0.121. The first-order chi connectivity index (χ1) is 10.5. The van der Waals surface area contributed by atoms with E-state index in [1.54, 1.807) is 6.07 Å². The predicted octanol–water partition coefficient (Wildman–Crippen LogP) is 1.76. The van der Waals surface area contributed by atoms with E-state index >= 15 is 0 Å². The van der Waals surface area contributed by atoms with Gasteiger partial charge in [0.2, 0.25) is 5.91 Å². The zero-order chi connectivity index (χ0) is 16.5. The summed E-state index contributed by atoms with van der Waals surface area (Å²) in [6.45, 7) is 4.85. The van der Waals surface area contributed by atoms with Gasteiger partial charge < -0.3 is 15.3 Å². The first-order valence-corrected chi connectivity index (χ1v) is 7.38. The van der Waals surface area contributed by atoms with Gasteiger partial charge in [-0.3, -0.25) is 9.59 Å². The minimum atomic E-state index is -1.09. The molecular weight excluding hydrogens is 284 g/mol. The Balaban J connectivity index is 2.86. The first-order valence-electron chi connectivity index (χ1n) is 7.38. The number of carboxylic acids is 1. The number of carbonyl (C=O) groups excluding carboxylic acids is 2. The zero-order valence-electron chi connectivity index (χ0n) is 13.0. The van der Waals surface area contributed by atoms with Crippen molar-refractivity contribution in [3.05, 3.63) is 35.4 Å². The van der Waals surface area contributed by atoms with Gasteiger partial charge in [-0.15, -0.1) is 0 Å². The Morgan fingerprint density at radius 3 is 2.41 bits per heavy atom. The van der Waals surface area contributed by atoms with Gasteiger partial charge in [0.1, 0.15) is 0 Å². The van der Waals surface area contributed by atoms with Gasteiger partial charge in [-0.05, 0) is 31.0 Å². The van der Waals surface area contributed by atoms with Crippen LogP contribution in [0, 0.1) is 0 Å². The van der Waals surface area contributed by atoms with E-state index in [1.165, 1.54) is 23.1 Å². The molecule has 0 saturated heterocycles. The molecule has 0 aliphatic heterocycles. The van der Waals surface area contributed by atoms with Crippen molar-refractivity contribution in [1.82, 2.24) is 10.2 Å².